The van der Waals surface area contributed by atoms with Crippen LogP contribution in [0.15, 0.2) is 42.5 Å². The Morgan fingerprint density at radius 3 is 2.34 bits per heavy atom. The zero-order chi connectivity index (χ0) is 28.0. The lowest BCUT2D eigenvalue weighted by Gasteiger charge is -2.29. The third-order valence-corrected chi connectivity index (χ3v) is 6.31. The molecule has 0 bridgehead atoms. The van der Waals surface area contributed by atoms with Gasteiger partial charge in [-0.2, -0.15) is 4.79 Å². The van der Waals surface area contributed by atoms with Crippen molar-refractivity contribution in [2.75, 3.05) is 19.6 Å². The Labute approximate surface area is 224 Å². The van der Waals surface area contributed by atoms with E-state index in [1.165, 1.54) is 10.6 Å². The zero-order valence-electron chi connectivity index (χ0n) is 23.2. The summed E-state index contributed by atoms with van der Waals surface area (Å²) in [6.07, 6.45) is 0.680. The molecule has 0 spiro atoms. The van der Waals surface area contributed by atoms with Gasteiger partial charge in [-0.1, -0.05) is 25.5 Å². The molecule has 2 aromatic carbocycles. The minimum absolute atomic E-state index is 0.0560. The minimum Gasteiger partial charge on any atom is -0.476 e. The van der Waals surface area contributed by atoms with Crippen molar-refractivity contribution in [2.45, 2.75) is 72.5 Å². The molecule has 8 heteroatoms. The lowest BCUT2D eigenvalue weighted by atomic mass is 10.0. The van der Waals surface area contributed by atoms with Crippen molar-refractivity contribution in [3.8, 4) is 5.75 Å². The molecule has 0 radical (unpaired) electrons. The standard InChI is InChI=1S/C30H38FN2O5/c1-7-8-9-26(34)22-12-14-24(15-13-22)37-27(23-11-10-20(2)25(31)18-23)28(35)32-16-17-33(21(3)19-32)29(36)38-30(4,5)6/h10-15,18,27H,7-9,16-17,19H2,1-6H3/q+1. The third-order valence-electron chi connectivity index (χ3n) is 6.31. The molecule has 2 amide bonds. The number of ether oxygens (including phenoxy) is 2. The topological polar surface area (TPSA) is 75.9 Å². The number of halogens is 1. The molecule has 0 saturated carbocycles. The van der Waals surface area contributed by atoms with E-state index >= 15 is 0 Å². The van der Waals surface area contributed by atoms with Gasteiger partial charge in [0, 0.05) is 24.5 Å². The van der Waals surface area contributed by atoms with Gasteiger partial charge < -0.3 is 14.4 Å². The van der Waals surface area contributed by atoms with Crippen LogP contribution in [0.1, 0.15) is 81.5 Å². The number of Topliss-reactive ketones (excluding diaryl/α,β-unsaturated/α-hetero) is 1. The molecule has 7 nitrogen and oxygen atoms in total. The Kier molecular flexibility index (Phi) is 9.41. The molecular weight excluding hydrogens is 487 g/mol. The highest BCUT2D eigenvalue weighted by Gasteiger charge is 2.37. The number of hydrogen-bond donors (Lipinski definition) is 0. The second-order valence-corrected chi connectivity index (χ2v) is 10.7. The second kappa shape index (κ2) is 12.3. The van der Waals surface area contributed by atoms with Gasteiger partial charge in [-0.05, 0) is 70.0 Å². The van der Waals surface area contributed by atoms with Gasteiger partial charge >= 0.3 is 6.09 Å². The first-order valence-corrected chi connectivity index (χ1v) is 13.1. The van der Waals surface area contributed by atoms with Crippen LogP contribution in [0.25, 0.3) is 0 Å². The SMILES string of the molecule is CCCCC(=O)c1ccc(OC(C(=O)N2CC[N+](C(=O)OC(C)(C)C)=C(C)C2)c2ccc(C)c(F)c2)cc1. The van der Waals surface area contributed by atoms with Gasteiger partial charge in [0.05, 0.1) is 6.54 Å². The van der Waals surface area contributed by atoms with Crippen molar-refractivity contribution < 1.29 is 32.8 Å². The van der Waals surface area contributed by atoms with Crippen LogP contribution in [-0.4, -0.2) is 58.2 Å². The van der Waals surface area contributed by atoms with E-state index in [2.05, 4.69) is 0 Å². The largest absolute Gasteiger partial charge is 0.596 e. The summed E-state index contributed by atoms with van der Waals surface area (Å²) in [5.74, 6) is -0.331. The van der Waals surface area contributed by atoms with Crippen LogP contribution in [0.3, 0.4) is 0 Å². The number of carbonyl (C=O) groups is 3. The summed E-state index contributed by atoms with van der Waals surface area (Å²) >= 11 is 0. The number of nitrogens with zero attached hydrogens (tertiary/aromatic N) is 2. The van der Waals surface area contributed by atoms with Gasteiger partial charge in [-0.25, -0.2) is 4.39 Å². The van der Waals surface area contributed by atoms with Gasteiger partial charge in [0.2, 0.25) is 6.10 Å². The summed E-state index contributed by atoms with van der Waals surface area (Å²) in [6.45, 7) is 11.6. The van der Waals surface area contributed by atoms with E-state index < -0.39 is 23.6 Å². The van der Waals surface area contributed by atoms with Gasteiger partial charge in [0.1, 0.15) is 23.7 Å². The first-order valence-electron chi connectivity index (χ1n) is 13.1. The number of hydrogen-bond acceptors (Lipinski definition) is 5. The summed E-state index contributed by atoms with van der Waals surface area (Å²) in [4.78, 5) is 40.2. The first-order chi connectivity index (χ1) is 17.9. The molecule has 204 valence electrons. The van der Waals surface area contributed by atoms with E-state index in [0.717, 1.165) is 12.8 Å². The first kappa shape index (κ1) is 29.0. The summed E-state index contributed by atoms with van der Waals surface area (Å²) in [6, 6.07) is 11.3. The number of aryl methyl sites for hydroxylation is 1. The number of carbonyl (C=O) groups excluding carboxylic acids is 3. The van der Waals surface area contributed by atoms with E-state index in [9.17, 15) is 18.8 Å². The molecule has 0 N–H and O–H groups in total. The lowest BCUT2D eigenvalue weighted by Crippen LogP contribution is -2.50. The van der Waals surface area contributed by atoms with Gasteiger partial charge in [0.25, 0.3) is 5.91 Å². The summed E-state index contributed by atoms with van der Waals surface area (Å²) < 4.78 is 27.6. The van der Waals surface area contributed by atoms with E-state index in [0.29, 0.717) is 34.6 Å². The van der Waals surface area contributed by atoms with Crippen LogP contribution in [0.5, 0.6) is 5.75 Å². The minimum atomic E-state index is -1.10. The summed E-state index contributed by atoms with van der Waals surface area (Å²) in [5, 5.41) is 0. The van der Waals surface area contributed by atoms with Gasteiger partial charge in [-0.15, -0.1) is 4.58 Å². The fraction of sp³-hybridized carbons (Fsp3) is 0.467. The third kappa shape index (κ3) is 7.49. The maximum Gasteiger partial charge on any atom is 0.596 e. The van der Waals surface area contributed by atoms with E-state index in [4.69, 9.17) is 9.47 Å². The number of unbranched alkanes of at least 4 members (excludes halogenated alkanes) is 1. The van der Waals surface area contributed by atoms with Crippen molar-refractivity contribution in [2.24, 2.45) is 0 Å². The average Bonchev–Trinajstić information content (AvgIpc) is 2.86. The highest BCUT2D eigenvalue weighted by molar-refractivity contribution is 5.96. The smallest absolute Gasteiger partial charge is 0.476 e. The Bertz CT molecular complexity index is 1210. The Morgan fingerprint density at radius 1 is 1.08 bits per heavy atom. The number of benzene rings is 2. The monoisotopic (exact) mass is 525 g/mol. The molecule has 1 aliphatic rings. The van der Waals surface area contributed by atoms with Crippen molar-refractivity contribution in [3.63, 3.8) is 0 Å². The lowest BCUT2D eigenvalue weighted by molar-refractivity contribution is -0.457. The molecule has 1 heterocycles. The second-order valence-electron chi connectivity index (χ2n) is 10.7. The van der Waals surface area contributed by atoms with Crippen LogP contribution >= 0.6 is 0 Å². The highest BCUT2D eigenvalue weighted by atomic mass is 19.1. The van der Waals surface area contributed by atoms with Crippen LogP contribution in [0, 0.1) is 12.7 Å². The van der Waals surface area contributed by atoms with Crippen LogP contribution in [-0.2, 0) is 9.53 Å². The zero-order valence-corrected chi connectivity index (χ0v) is 23.2. The Morgan fingerprint density at radius 2 is 1.76 bits per heavy atom. The van der Waals surface area contributed by atoms with E-state index in [1.807, 2.05) is 6.92 Å². The summed E-state index contributed by atoms with van der Waals surface area (Å²) in [5.41, 5.74) is 1.47. The number of amides is 2. The number of ketones is 1. The Hall–Kier alpha value is -3.55. The molecule has 0 aliphatic carbocycles. The fourth-order valence-electron chi connectivity index (χ4n) is 4.14. The average molecular weight is 526 g/mol. The van der Waals surface area contributed by atoms with Gasteiger partial charge in [0.15, 0.2) is 18.0 Å². The van der Waals surface area contributed by atoms with Crippen molar-refractivity contribution in [3.05, 3.63) is 65.0 Å². The predicted octanol–water partition coefficient (Wildman–Crippen LogP) is 5.88. The summed E-state index contributed by atoms with van der Waals surface area (Å²) in [7, 11) is 0. The molecule has 1 unspecified atom stereocenters. The molecule has 2 aromatic rings. The fourth-order valence-corrected chi connectivity index (χ4v) is 4.14. The highest BCUT2D eigenvalue weighted by Crippen LogP contribution is 2.27. The molecule has 1 aliphatic heterocycles. The van der Waals surface area contributed by atoms with Crippen LogP contribution in [0.2, 0.25) is 0 Å². The van der Waals surface area contributed by atoms with Crippen molar-refractivity contribution in [1.29, 1.82) is 0 Å². The van der Waals surface area contributed by atoms with Gasteiger partial charge in [-0.3, -0.25) is 9.59 Å². The normalized spacial score (nSPS) is 14.8. The maximum absolute atomic E-state index is 14.5. The van der Waals surface area contributed by atoms with Crippen LogP contribution in [0.4, 0.5) is 9.18 Å². The van der Waals surface area contributed by atoms with E-state index in [-0.39, 0.29) is 31.3 Å². The maximum atomic E-state index is 14.5. The quantitative estimate of drug-likeness (QED) is 0.318. The predicted molar refractivity (Wildman–Crippen MR) is 143 cm³/mol. The molecule has 0 fully saturated rings. The van der Waals surface area contributed by atoms with Crippen LogP contribution < -0.4 is 4.74 Å². The Balaban J connectivity index is 1.84. The molecule has 1 atom stereocenters. The molecule has 0 saturated heterocycles. The van der Waals surface area contributed by atoms with Crippen molar-refractivity contribution in [1.82, 2.24) is 4.90 Å². The van der Waals surface area contributed by atoms with Crippen molar-refractivity contribution >= 4 is 23.5 Å². The number of rotatable bonds is 8. The molecule has 38 heavy (non-hydrogen) atoms. The molecule has 3 rings (SSSR count). The van der Waals surface area contributed by atoms with E-state index in [1.54, 1.807) is 75.9 Å². The molecule has 0 aromatic heterocycles. The molecular formula is C30H38FN2O5+.